The maximum atomic E-state index is 4.71. The highest BCUT2D eigenvalue weighted by Gasteiger charge is 2.36. The first kappa shape index (κ1) is 13.8. The molecule has 0 N–H and O–H groups in total. The third-order valence-electron chi connectivity index (χ3n) is 5.34. The number of nitrogens with zero attached hydrogens (tertiary/aromatic N) is 5. The van der Waals surface area contributed by atoms with Gasteiger partial charge in [-0.05, 0) is 30.3 Å². The van der Waals surface area contributed by atoms with Crippen LogP contribution >= 0.6 is 0 Å². The van der Waals surface area contributed by atoms with Crippen LogP contribution in [0.4, 0.5) is 0 Å². The molecule has 5 nitrogen and oxygen atoms in total. The van der Waals surface area contributed by atoms with E-state index in [1.807, 2.05) is 30.7 Å². The van der Waals surface area contributed by atoms with Crippen molar-refractivity contribution in [1.29, 1.82) is 0 Å². The van der Waals surface area contributed by atoms with Gasteiger partial charge in [-0.2, -0.15) is 0 Å². The first-order valence-corrected chi connectivity index (χ1v) is 8.71. The molecule has 0 spiro atoms. The van der Waals surface area contributed by atoms with Crippen LogP contribution in [0.5, 0.6) is 0 Å². The van der Waals surface area contributed by atoms with E-state index in [1.54, 1.807) is 0 Å². The average Bonchev–Trinajstić information content (AvgIpc) is 3.31. The Bertz CT molecular complexity index is 1310. The fourth-order valence-corrected chi connectivity index (χ4v) is 4.28. The second-order valence-corrected chi connectivity index (χ2v) is 6.72. The maximum absolute atomic E-state index is 4.71. The molecule has 1 aromatic carbocycles. The molecule has 1 aliphatic heterocycles. The van der Waals surface area contributed by atoms with Gasteiger partial charge in [0.15, 0.2) is 5.52 Å². The number of benzene rings is 1. The van der Waals surface area contributed by atoms with Gasteiger partial charge in [0.1, 0.15) is 5.69 Å². The zero-order valence-corrected chi connectivity index (χ0v) is 14.3. The highest BCUT2D eigenvalue weighted by Crippen LogP contribution is 2.35. The van der Waals surface area contributed by atoms with E-state index >= 15 is 0 Å². The standard InChI is InChI=1S/C21H16N5/c1-24-18-16-8-5-10-23-19(16)26(15-6-3-2-4-7-15)21(18)25-13-14-9-11-22-12-17(14)20(24)25/h2-12H,13H2,1H3/q+1. The highest BCUT2D eigenvalue weighted by molar-refractivity contribution is 6.04. The van der Waals surface area contributed by atoms with Crippen molar-refractivity contribution in [3.8, 4) is 17.1 Å². The Morgan fingerprint density at radius 2 is 1.88 bits per heavy atom. The number of hydrogen-bond donors (Lipinski definition) is 0. The van der Waals surface area contributed by atoms with Gasteiger partial charge >= 0.3 is 0 Å². The average molecular weight is 338 g/mol. The molecular formula is C21H16N5+. The van der Waals surface area contributed by atoms with Crippen LogP contribution in [0.15, 0.2) is 67.1 Å². The van der Waals surface area contributed by atoms with Crippen molar-refractivity contribution < 1.29 is 4.57 Å². The van der Waals surface area contributed by atoms with Gasteiger partial charge in [-0.1, -0.05) is 18.2 Å². The molecule has 0 unspecified atom stereocenters. The van der Waals surface area contributed by atoms with Gasteiger partial charge in [-0.15, -0.1) is 0 Å². The predicted octanol–water partition coefficient (Wildman–Crippen LogP) is 3.23. The van der Waals surface area contributed by atoms with E-state index in [9.17, 15) is 0 Å². The number of fused-ring (bicyclic) bond motifs is 7. The lowest BCUT2D eigenvalue weighted by Crippen LogP contribution is -2.33. The van der Waals surface area contributed by atoms with Gasteiger partial charge in [-0.3, -0.25) is 9.55 Å². The third kappa shape index (κ3) is 1.57. The molecule has 0 aliphatic carbocycles. The summed E-state index contributed by atoms with van der Waals surface area (Å²) in [5, 5.41) is 1.17. The zero-order valence-electron chi connectivity index (χ0n) is 14.3. The summed E-state index contributed by atoms with van der Waals surface area (Å²) in [6.07, 6.45) is 5.71. The summed E-state index contributed by atoms with van der Waals surface area (Å²) in [6, 6.07) is 16.7. The van der Waals surface area contributed by atoms with Crippen LogP contribution in [-0.2, 0) is 13.6 Å². The second-order valence-electron chi connectivity index (χ2n) is 6.72. The largest absolute Gasteiger partial charge is 0.276 e. The summed E-state index contributed by atoms with van der Waals surface area (Å²) in [6.45, 7) is 0.855. The first-order valence-electron chi connectivity index (χ1n) is 8.71. The van der Waals surface area contributed by atoms with Crippen LogP contribution < -0.4 is 4.57 Å². The molecule has 6 rings (SSSR count). The Balaban J connectivity index is 1.83. The summed E-state index contributed by atoms with van der Waals surface area (Å²) in [7, 11) is 2.14. The van der Waals surface area contributed by atoms with E-state index in [2.05, 4.69) is 62.1 Å². The molecule has 0 saturated heterocycles. The summed E-state index contributed by atoms with van der Waals surface area (Å²) in [5.74, 6) is 1.20. The van der Waals surface area contributed by atoms with Crippen LogP contribution in [0.1, 0.15) is 5.56 Å². The minimum absolute atomic E-state index is 0.855. The van der Waals surface area contributed by atoms with Crippen molar-refractivity contribution in [2.24, 2.45) is 7.05 Å². The van der Waals surface area contributed by atoms with Crippen molar-refractivity contribution in [2.75, 3.05) is 0 Å². The monoisotopic (exact) mass is 338 g/mol. The summed E-state index contributed by atoms with van der Waals surface area (Å²) < 4.78 is 6.94. The molecule has 0 radical (unpaired) electrons. The van der Waals surface area contributed by atoms with E-state index in [-0.39, 0.29) is 0 Å². The van der Waals surface area contributed by atoms with E-state index in [4.69, 9.17) is 4.98 Å². The van der Waals surface area contributed by atoms with Gasteiger partial charge in [0.25, 0.3) is 5.65 Å². The van der Waals surface area contributed by atoms with Crippen molar-refractivity contribution >= 4 is 22.2 Å². The molecule has 5 aromatic rings. The van der Waals surface area contributed by atoms with Crippen molar-refractivity contribution in [3.63, 3.8) is 0 Å². The smallest absolute Gasteiger partial charge is 0.264 e. The Kier molecular flexibility index (Phi) is 2.54. The van der Waals surface area contributed by atoms with Gasteiger partial charge in [0.2, 0.25) is 11.5 Å². The molecule has 124 valence electrons. The molecule has 0 amide bonds. The molecule has 26 heavy (non-hydrogen) atoms. The molecule has 0 bridgehead atoms. The van der Waals surface area contributed by atoms with Gasteiger partial charge in [0.05, 0.1) is 24.5 Å². The lowest BCUT2D eigenvalue weighted by molar-refractivity contribution is -0.648. The number of pyridine rings is 2. The molecule has 0 atom stereocenters. The van der Waals surface area contributed by atoms with Gasteiger partial charge in [-0.25, -0.2) is 14.1 Å². The summed E-state index contributed by atoms with van der Waals surface area (Å²) >= 11 is 0. The second kappa shape index (κ2) is 4.79. The maximum Gasteiger partial charge on any atom is 0.276 e. The van der Waals surface area contributed by atoms with Crippen molar-refractivity contribution in [1.82, 2.24) is 19.1 Å². The van der Waals surface area contributed by atoms with Crippen molar-refractivity contribution in [3.05, 3.63) is 72.7 Å². The van der Waals surface area contributed by atoms with E-state index in [0.717, 1.165) is 17.9 Å². The predicted molar refractivity (Wildman–Crippen MR) is 100 cm³/mol. The quantitative estimate of drug-likeness (QED) is 0.432. The van der Waals surface area contributed by atoms with Crippen LogP contribution in [0.2, 0.25) is 0 Å². The Morgan fingerprint density at radius 1 is 1.00 bits per heavy atom. The minimum atomic E-state index is 0.855. The Morgan fingerprint density at radius 3 is 2.77 bits per heavy atom. The topological polar surface area (TPSA) is 39.5 Å². The van der Waals surface area contributed by atoms with Gasteiger partial charge in [0, 0.05) is 24.2 Å². The number of aromatic nitrogens is 5. The molecule has 1 aliphatic rings. The van der Waals surface area contributed by atoms with E-state index in [0.29, 0.717) is 0 Å². The highest BCUT2D eigenvalue weighted by atomic mass is 15.3. The molecule has 0 fully saturated rings. The van der Waals surface area contributed by atoms with Crippen LogP contribution in [0, 0.1) is 0 Å². The van der Waals surface area contributed by atoms with Crippen molar-refractivity contribution in [2.45, 2.75) is 6.54 Å². The number of para-hydroxylation sites is 1. The van der Waals surface area contributed by atoms with E-state index < -0.39 is 0 Å². The number of aryl methyl sites for hydroxylation is 1. The first-order chi connectivity index (χ1) is 12.8. The van der Waals surface area contributed by atoms with Crippen LogP contribution in [0.25, 0.3) is 39.3 Å². The minimum Gasteiger partial charge on any atom is -0.264 e. The van der Waals surface area contributed by atoms with Gasteiger partial charge < -0.3 is 0 Å². The van der Waals surface area contributed by atoms with E-state index in [1.165, 1.54) is 33.5 Å². The Labute approximate surface area is 149 Å². The molecule has 4 aromatic heterocycles. The number of imidazole rings is 1. The normalized spacial score (nSPS) is 12.7. The number of rotatable bonds is 1. The summed E-state index contributed by atoms with van der Waals surface area (Å²) in [4.78, 5) is 9.05. The lowest BCUT2D eigenvalue weighted by atomic mass is 10.2. The SMILES string of the molecule is Cn1c2[n+](c3c1c1cccnc1n3-c1ccccc1)Cc1ccncc1-2. The zero-order chi connectivity index (χ0) is 17.3. The summed E-state index contributed by atoms with van der Waals surface area (Å²) in [5.41, 5.74) is 7.03. The number of hydrogen-bond acceptors (Lipinski definition) is 2. The fourth-order valence-electron chi connectivity index (χ4n) is 4.28. The third-order valence-corrected chi connectivity index (χ3v) is 5.34. The fraction of sp³-hybridized carbons (Fsp3) is 0.0952. The Hall–Kier alpha value is -3.47. The molecule has 5 heterocycles. The lowest BCUT2D eigenvalue weighted by Gasteiger charge is -2.02. The molecule has 0 saturated carbocycles. The van der Waals surface area contributed by atoms with Crippen LogP contribution in [0.3, 0.4) is 0 Å². The molecular weight excluding hydrogens is 322 g/mol. The molecule has 5 heteroatoms. The van der Waals surface area contributed by atoms with Crippen LogP contribution in [-0.4, -0.2) is 19.1 Å².